The molecule has 2 aliphatic carbocycles. The van der Waals surface area contributed by atoms with Gasteiger partial charge in [-0.3, -0.25) is 0 Å². The molecule has 1 fully saturated rings. The molecule has 40 heavy (non-hydrogen) atoms. The van der Waals surface area contributed by atoms with E-state index in [2.05, 4.69) is 114 Å². The Bertz CT molecular complexity index is 1500. The topological polar surface area (TPSA) is 0 Å². The molecule has 2 unspecified atom stereocenters. The molecule has 0 N–H and O–H groups in total. The second-order valence-corrected chi connectivity index (χ2v) is 12.4. The number of rotatable bonds is 9. The predicted octanol–water partition coefficient (Wildman–Crippen LogP) is 11.5. The first-order chi connectivity index (χ1) is 19.4. The summed E-state index contributed by atoms with van der Waals surface area (Å²) in [6.07, 6.45) is 19.1. The summed E-state index contributed by atoms with van der Waals surface area (Å²) in [7, 11) is 0. The SMILES string of the molecule is CCCC(C)=CC(C)=C1CC1Cc1cc(CC)ccc1C1=CC(C)CC=Cc2c1ccc1cc(CCC)ccc21. The van der Waals surface area contributed by atoms with Gasteiger partial charge in [-0.2, -0.15) is 0 Å². The number of fused-ring (bicyclic) bond motifs is 3. The van der Waals surface area contributed by atoms with Crippen LogP contribution in [0.2, 0.25) is 0 Å². The van der Waals surface area contributed by atoms with E-state index in [0.29, 0.717) is 11.8 Å². The van der Waals surface area contributed by atoms with Crippen molar-refractivity contribution >= 4 is 22.4 Å². The van der Waals surface area contributed by atoms with Crippen molar-refractivity contribution in [2.24, 2.45) is 11.8 Å². The largest absolute Gasteiger partial charge is 0.0833 e. The Morgan fingerprint density at radius 2 is 1.70 bits per heavy atom. The molecule has 0 heteroatoms. The molecule has 0 spiro atoms. The van der Waals surface area contributed by atoms with Crippen LogP contribution in [0.5, 0.6) is 0 Å². The fourth-order valence-electron chi connectivity index (χ4n) is 6.72. The van der Waals surface area contributed by atoms with Crippen LogP contribution in [0.25, 0.3) is 22.4 Å². The molecule has 0 aromatic heterocycles. The fourth-order valence-corrected chi connectivity index (χ4v) is 6.72. The third-order valence-corrected chi connectivity index (χ3v) is 8.95. The molecule has 2 aliphatic rings. The van der Waals surface area contributed by atoms with Crippen molar-refractivity contribution in [1.29, 1.82) is 0 Å². The number of benzene rings is 3. The van der Waals surface area contributed by atoms with E-state index in [4.69, 9.17) is 0 Å². The highest BCUT2D eigenvalue weighted by molar-refractivity contribution is 5.99. The second kappa shape index (κ2) is 12.6. The van der Waals surface area contributed by atoms with Crippen LogP contribution in [-0.2, 0) is 19.3 Å². The summed E-state index contributed by atoms with van der Waals surface area (Å²) in [6, 6.07) is 19.2. The summed E-state index contributed by atoms with van der Waals surface area (Å²) in [4.78, 5) is 0. The summed E-state index contributed by atoms with van der Waals surface area (Å²) in [5, 5.41) is 2.73. The van der Waals surface area contributed by atoms with Crippen molar-refractivity contribution in [2.45, 2.75) is 92.9 Å². The van der Waals surface area contributed by atoms with E-state index in [9.17, 15) is 0 Å². The zero-order valence-electron chi connectivity index (χ0n) is 25.7. The lowest BCUT2D eigenvalue weighted by Crippen LogP contribution is -2.04. The molecule has 0 amide bonds. The molecule has 208 valence electrons. The van der Waals surface area contributed by atoms with Crippen LogP contribution in [0, 0.1) is 11.8 Å². The van der Waals surface area contributed by atoms with Crippen LogP contribution in [0.4, 0.5) is 0 Å². The molecule has 5 rings (SSSR count). The fraction of sp³-hybridized carbons (Fsp3) is 0.400. The van der Waals surface area contributed by atoms with Crippen LogP contribution in [-0.4, -0.2) is 0 Å². The van der Waals surface area contributed by atoms with E-state index >= 15 is 0 Å². The molecular formula is C40H48. The highest BCUT2D eigenvalue weighted by atomic mass is 14.4. The normalized spacial score (nSPS) is 20.1. The summed E-state index contributed by atoms with van der Waals surface area (Å²) < 4.78 is 0. The van der Waals surface area contributed by atoms with Crippen molar-refractivity contribution in [3.63, 3.8) is 0 Å². The van der Waals surface area contributed by atoms with Gasteiger partial charge in [-0.15, -0.1) is 0 Å². The molecular weight excluding hydrogens is 480 g/mol. The number of hydrogen-bond donors (Lipinski definition) is 0. The van der Waals surface area contributed by atoms with Crippen LogP contribution in [0.15, 0.2) is 83.5 Å². The van der Waals surface area contributed by atoms with E-state index < -0.39 is 0 Å². The Balaban J connectivity index is 1.57. The lowest BCUT2D eigenvalue weighted by Gasteiger charge is -2.21. The summed E-state index contributed by atoms with van der Waals surface area (Å²) in [5.74, 6) is 1.18. The Morgan fingerprint density at radius 1 is 0.900 bits per heavy atom. The smallest absolute Gasteiger partial charge is 0.0102 e. The molecule has 0 heterocycles. The van der Waals surface area contributed by atoms with Gasteiger partial charge >= 0.3 is 0 Å². The van der Waals surface area contributed by atoms with Crippen LogP contribution >= 0.6 is 0 Å². The van der Waals surface area contributed by atoms with Gasteiger partial charge in [-0.05, 0) is 114 Å². The van der Waals surface area contributed by atoms with E-state index in [1.54, 1.807) is 5.57 Å². The van der Waals surface area contributed by atoms with Crippen molar-refractivity contribution in [1.82, 2.24) is 0 Å². The van der Waals surface area contributed by atoms with Gasteiger partial charge in [0.05, 0.1) is 0 Å². The molecule has 2 atom stereocenters. The first-order valence-corrected chi connectivity index (χ1v) is 15.8. The first kappa shape index (κ1) is 28.4. The second-order valence-electron chi connectivity index (χ2n) is 12.4. The molecule has 0 aliphatic heterocycles. The number of aryl methyl sites for hydroxylation is 2. The Morgan fingerprint density at radius 3 is 2.48 bits per heavy atom. The summed E-state index contributed by atoms with van der Waals surface area (Å²) in [6.45, 7) is 13.8. The minimum absolute atomic E-state index is 0.506. The first-order valence-electron chi connectivity index (χ1n) is 15.8. The monoisotopic (exact) mass is 528 g/mol. The van der Waals surface area contributed by atoms with Gasteiger partial charge in [-0.25, -0.2) is 0 Å². The molecule has 3 aromatic carbocycles. The van der Waals surface area contributed by atoms with Gasteiger partial charge < -0.3 is 0 Å². The predicted molar refractivity (Wildman–Crippen MR) is 177 cm³/mol. The molecule has 3 aromatic rings. The standard InChI is InChI=1S/C40H48/c1-7-11-27(4)21-29(6)39-26-34(39)25-33-23-30(9-3)15-18-36(33)40-22-28(5)13-10-14-37-35-19-16-31(12-8-2)24-32(35)17-20-38(37)40/h10,14-24,28,34H,7-9,11-13,25-26H2,1-6H3. The third kappa shape index (κ3) is 6.27. The van der Waals surface area contributed by atoms with Gasteiger partial charge in [0.15, 0.2) is 0 Å². The van der Waals surface area contributed by atoms with E-state index in [0.717, 1.165) is 25.7 Å². The van der Waals surface area contributed by atoms with Crippen molar-refractivity contribution in [3.05, 3.63) is 117 Å². The van der Waals surface area contributed by atoms with Crippen molar-refractivity contribution < 1.29 is 0 Å². The summed E-state index contributed by atoms with van der Waals surface area (Å²) in [5.41, 5.74) is 14.7. The van der Waals surface area contributed by atoms with Crippen LogP contribution in [0.3, 0.4) is 0 Å². The molecule has 0 saturated heterocycles. The van der Waals surface area contributed by atoms with Gasteiger partial charge in [0.25, 0.3) is 0 Å². The Hall–Kier alpha value is -3.12. The summed E-state index contributed by atoms with van der Waals surface area (Å²) >= 11 is 0. The average Bonchev–Trinajstić information content (AvgIpc) is 3.70. The lowest BCUT2D eigenvalue weighted by molar-refractivity contribution is 0.746. The van der Waals surface area contributed by atoms with Gasteiger partial charge in [0, 0.05) is 0 Å². The highest BCUT2D eigenvalue weighted by Crippen LogP contribution is 2.45. The third-order valence-electron chi connectivity index (χ3n) is 8.95. The van der Waals surface area contributed by atoms with Gasteiger partial charge in [-0.1, -0.05) is 130 Å². The number of allylic oxidation sites excluding steroid dienone is 6. The van der Waals surface area contributed by atoms with E-state index in [1.165, 1.54) is 86.6 Å². The minimum Gasteiger partial charge on any atom is -0.0833 e. The van der Waals surface area contributed by atoms with Crippen molar-refractivity contribution in [3.8, 4) is 0 Å². The molecule has 0 nitrogen and oxygen atoms in total. The Labute approximate surface area is 243 Å². The zero-order chi connectivity index (χ0) is 28.2. The quantitative estimate of drug-likeness (QED) is 0.259. The van der Waals surface area contributed by atoms with Crippen LogP contribution < -0.4 is 0 Å². The Kier molecular flexibility index (Phi) is 8.94. The van der Waals surface area contributed by atoms with Crippen molar-refractivity contribution in [2.75, 3.05) is 0 Å². The highest BCUT2D eigenvalue weighted by Gasteiger charge is 2.32. The van der Waals surface area contributed by atoms with Gasteiger partial charge in [0.1, 0.15) is 0 Å². The van der Waals surface area contributed by atoms with Crippen LogP contribution in [0.1, 0.15) is 107 Å². The lowest BCUT2D eigenvalue weighted by atomic mass is 9.83. The van der Waals surface area contributed by atoms with E-state index in [1.807, 2.05) is 0 Å². The minimum atomic E-state index is 0.506. The molecule has 0 bridgehead atoms. The van der Waals surface area contributed by atoms with Gasteiger partial charge in [0.2, 0.25) is 0 Å². The maximum Gasteiger partial charge on any atom is -0.0102 e. The van der Waals surface area contributed by atoms with E-state index in [-0.39, 0.29) is 0 Å². The number of hydrogen-bond acceptors (Lipinski definition) is 0. The maximum atomic E-state index is 2.55. The average molecular weight is 529 g/mol. The maximum absolute atomic E-state index is 2.55. The molecule has 1 saturated carbocycles. The molecule has 0 radical (unpaired) electrons. The zero-order valence-corrected chi connectivity index (χ0v) is 25.7.